The number of nitrogens with zero attached hydrogens (tertiary/aromatic N) is 4. The minimum Gasteiger partial charge on any atom is -0.378 e. The second kappa shape index (κ2) is 10.6. The van der Waals surface area contributed by atoms with Gasteiger partial charge in [-0.25, -0.2) is 0 Å². The van der Waals surface area contributed by atoms with E-state index in [9.17, 15) is 0 Å². The van der Waals surface area contributed by atoms with Crippen molar-refractivity contribution in [2.45, 2.75) is 26.3 Å². The van der Waals surface area contributed by atoms with Crippen LogP contribution in [-0.2, 0) is 11.3 Å². The first kappa shape index (κ1) is 23.4. The monoisotopic (exact) mass is 488 g/mol. The highest BCUT2D eigenvalue weighted by molar-refractivity contribution is 6.09. The molecular formula is C32H32N4O. The minimum atomic E-state index is 0.765. The van der Waals surface area contributed by atoms with Crippen molar-refractivity contribution in [2.75, 3.05) is 26.3 Å². The summed E-state index contributed by atoms with van der Waals surface area (Å²) in [6.07, 6.45) is 8.13. The maximum Gasteiger partial charge on any atom is 0.0642 e. The van der Waals surface area contributed by atoms with Crippen LogP contribution >= 0.6 is 0 Å². The van der Waals surface area contributed by atoms with Crippen LogP contribution in [0.3, 0.4) is 0 Å². The Hall–Kier alpha value is -3.96. The van der Waals surface area contributed by atoms with Crippen molar-refractivity contribution in [1.82, 2.24) is 9.47 Å². The van der Waals surface area contributed by atoms with Gasteiger partial charge >= 0.3 is 0 Å². The van der Waals surface area contributed by atoms with Crippen LogP contribution in [0.25, 0.3) is 27.9 Å². The van der Waals surface area contributed by atoms with Crippen molar-refractivity contribution in [2.24, 2.45) is 10.2 Å². The third kappa shape index (κ3) is 4.75. The summed E-state index contributed by atoms with van der Waals surface area (Å²) >= 11 is 0. The number of hydrogen-bond acceptors (Lipinski definition) is 4. The zero-order valence-electron chi connectivity index (χ0n) is 21.3. The van der Waals surface area contributed by atoms with E-state index in [2.05, 4.69) is 105 Å². The lowest BCUT2D eigenvalue weighted by molar-refractivity contribution is 0.0548. The maximum absolute atomic E-state index is 5.62. The third-order valence-electron chi connectivity index (χ3n) is 7.34. The predicted molar refractivity (Wildman–Crippen MR) is 154 cm³/mol. The number of morpholine rings is 1. The molecule has 2 heterocycles. The second-order valence-corrected chi connectivity index (χ2v) is 9.58. The fourth-order valence-corrected chi connectivity index (χ4v) is 5.62. The highest BCUT2D eigenvalue weighted by atomic mass is 16.5. The highest BCUT2D eigenvalue weighted by Crippen LogP contribution is 2.35. The van der Waals surface area contributed by atoms with Crippen LogP contribution in [0.1, 0.15) is 30.9 Å². The molecule has 1 saturated heterocycles. The van der Waals surface area contributed by atoms with Crippen LogP contribution in [0.5, 0.6) is 0 Å². The Labute approximate surface area is 218 Å². The van der Waals surface area contributed by atoms with Crippen molar-refractivity contribution >= 4 is 40.3 Å². The molecule has 1 aliphatic carbocycles. The third-order valence-corrected chi connectivity index (χ3v) is 7.34. The summed E-state index contributed by atoms with van der Waals surface area (Å²) in [4.78, 5) is 2.45. The van der Waals surface area contributed by atoms with Gasteiger partial charge in [-0.3, -0.25) is 0 Å². The van der Waals surface area contributed by atoms with E-state index >= 15 is 0 Å². The molecular weight excluding hydrogens is 456 g/mol. The second-order valence-electron chi connectivity index (χ2n) is 9.58. The Morgan fingerprint density at radius 2 is 1.54 bits per heavy atom. The van der Waals surface area contributed by atoms with Gasteiger partial charge in [-0.1, -0.05) is 54.6 Å². The molecule has 6 rings (SSSR count). The van der Waals surface area contributed by atoms with E-state index in [-0.39, 0.29) is 0 Å². The molecule has 0 atom stereocenters. The van der Waals surface area contributed by atoms with Crippen LogP contribution in [-0.4, -0.2) is 48.2 Å². The largest absolute Gasteiger partial charge is 0.378 e. The molecule has 1 aliphatic heterocycles. The van der Waals surface area contributed by atoms with Gasteiger partial charge in [0.25, 0.3) is 0 Å². The normalized spacial score (nSPS) is 18.0. The van der Waals surface area contributed by atoms with E-state index in [0.29, 0.717) is 0 Å². The molecule has 2 aliphatic rings. The zero-order valence-corrected chi connectivity index (χ0v) is 21.3. The first-order valence-corrected chi connectivity index (χ1v) is 13.2. The topological polar surface area (TPSA) is 42.1 Å². The van der Waals surface area contributed by atoms with Gasteiger partial charge in [0.05, 0.1) is 25.6 Å². The Balaban J connectivity index is 1.28. The van der Waals surface area contributed by atoms with E-state index in [1.807, 2.05) is 12.4 Å². The number of para-hydroxylation sites is 1. The lowest BCUT2D eigenvalue weighted by Gasteiger charge is -2.31. The number of allylic oxidation sites excluding steroid dienone is 2. The van der Waals surface area contributed by atoms with Crippen LogP contribution in [0.4, 0.5) is 0 Å². The molecule has 186 valence electrons. The van der Waals surface area contributed by atoms with Crippen molar-refractivity contribution in [1.29, 1.82) is 0 Å². The molecule has 0 unspecified atom stereocenters. The fraction of sp³-hybridized carbons (Fsp3) is 0.250. The van der Waals surface area contributed by atoms with Crippen LogP contribution < -0.4 is 0 Å². The van der Waals surface area contributed by atoms with Gasteiger partial charge in [0.15, 0.2) is 0 Å². The van der Waals surface area contributed by atoms with E-state index in [4.69, 9.17) is 4.74 Å². The number of benzene rings is 3. The fourth-order valence-electron chi connectivity index (χ4n) is 5.62. The number of hydrogen-bond donors (Lipinski definition) is 0. The molecule has 37 heavy (non-hydrogen) atoms. The SMILES string of the molecule is CCn1c2ccccc2c2cc(/C=N/N=C/C3=C(N4CCOCC4)C(=C/c4ccccc4)/CC3)ccc21. The van der Waals surface area contributed by atoms with Gasteiger partial charge in [0.2, 0.25) is 0 Å². The molecule has 5 nitrogen and oxygen atoms in total. The molecule has 0 amide bonds. The summed E-state index contributed by atoms with van der Waals surface area (Å²) in [7, 11) is 0. The molecule has 0 saturated carbocycles. The Bertz CT molecular complexity index is 1540. The lowest BCUT2D eigenvalue weighted by Crippen LogP contribution is -2.36. The summed E-state index contributed by atoms with van der Waals surface area (Å²) < 4.78 is 7.98. The average Bonchev–Trinajstić information content (AvgIpc) is 3.50. The van der Waals surface area contributed by atoms with Gasteiger partial charge in [0, 0.05) is 47.1 Å². The van der Waals surface area contributed by atoms with Crippen LogP contribution in [0.2, 0.25) is 0 Å². The Morgan fingerprint density at radius 3 is 2.38 bits per heavy atom. The molecule has 0 spiro atoms. The quantitative estimate of drug-likeness (QED) is 0.224. The first-order valence-electron chi connectivity index (χ1n) is 13.2. The summed E-state index contributed by atoms with van der Waals surface area (Å²) in [6.45, 7) is 6.49. The van der Waals surface area contributed by atoms with Crippen molar-refractivity contribution in [3.05, 3.63) is 101 Å². The Kier molecular flexibility index (Phi) is 6.70. The number of rotatable bonds is 6. The van der Waals surface area contributed by atoms with Gasteiger partial charge in [0.1, 0.15) is 0 Å². The molecule has 1 fully saturated rings. The van der Waals surface area contributed by atoms with Gasteiger partial charge in [-0.05, 0) is 66.3 Å². The average molecular weight is 489 g/mol. The number of fused-ring (bicyclic) bond motifs is 3. The summed E-state index contributed by atoms with van der Waals surface area (Å²) in [5, 5.41) is 11.5. The molecule has 0 bridgehead atoms. The number of aryl methyl sites for hydroxylation is 1. The van der Waals surface area contributed by atoms with Gasteiger partial charge in [-0.2, -0.15) is 10.2 Å². The number of aromatic nitrogens is 1. The van der Waals surface area contributed by atoms with Crippen LogP contribution in [0.15, 0.2) is 99.8 Å². The minimum absolute atomic E-state index is 0.765. The van der Waals surface area contributed by atoms with E-state index in [0.717, 1.165) is 51.3 Å². The molecule has 5 heteroatoms. The smallest absolute Gasteiger partial charge is 0.0642 e. The zero-order chi connectivity index (χ0) is 25.0. The van der Waals surface area contributed by atoms with Gasteiger partial charge in [-0.15, -0.1) is 0 Å². The van der Waals surface area contributed by atoms with Gasteiger partial charge < -0.3 is 14.2 Å². The maximum atomic E-state index is 5.62. The van der Waals surface area contributed by atoms with E-state index in [1.165, 1.54) is 44.2 Å². The van der Waals surface area contributed by atoms with Crippen LogP contribution in [0, 0.1) is 0 Å². The Morgan fingerprint density at radius 1 is 0.784 bits per heavy atom. The van der Waals surface area contributed by atoms with Crippen molar-refractivity contribution in [3.63, 3.8) is 0 Å². The lowest BCUT2D eigenvalue weighted by atomic mass is 10.1. The molecule has 3 aromatic carbocycles. The molecule has 0 N–H and O–H groups in total. The highest BCUT2D eigenvalue weighted by Gasteiger charge is 2.25. The predicted octanol–water partition coefficient (Wildman–Crippen LogP) is 6.68. The molecule has 1 aromatic heterocycles. The van der Waals surface area contributed by atoms with E-state index < -0.39 is 0 Å². The standard InChI is InChI=1S/C32H32N4O/c1-2-36-30-11-7-6-10-28(30)29-21-25(12-15-31(29)36)22-33-34-23-27-14-13-26(20-24-8-4-3-5-9-24)32(27)35-16-18-37-19-17-35/h3-12,15,20-23H,2,13-14,16-19H2,1H3/b26-20+,33-22+,34-23+. The summed E-state index contributed by atoms with van der Waals surface area (Å²) in [6, 6.07) is 25.7. The van der Waals surface area contributed by atoms with Crippen molar-refractivity contribution in [3.8, 4) is 0 Å². The first-order chi connectivity index (χ1) is 18.3. The summed E-state index contributed by atoms with van der Waals surface area (Å²) in [5.41, 5.74) is 8.75. The molecule has 0 radical (unpaired) electrons. The summed E-state index contributed by atoms with van der Waals surface area (Å²) in [5.74, 6) is 0. The van der Waals surface area contributed by atoms with E-state index in [1.54, 1.807) is 0 Å². The molecule has 4 aromatic rings. The number of ether oxygens (including phenoxy) is 1. The van der Waals surface area contributed by atoms with Crippen molar-refractivity contribution < 1.29 is 4.74 Å².